The van der Waals surface area contributed by atoms with Crippen molar-refractivity contribution in [3.05, 3.63) is 33.8 Å². The van der Waals surface area contributed by atoms with Crippen LogP contribution >= 0.6 is 15.9 Å². The topological polar surface area (TPSA) is 20.3 Å². The largest absolute Gasteiger partial charge is 0.335 e. The van der Waals surface area contributed by atoms with Gasteiger partial charge in [-0.25, -0.2) is 0 Å². The molecule has 3 rings (SSSR count). The average molecular weight is 266 g/mol. The number of fused-ring (bicyclic) bond motifs is 3. The Morgan fingerprint density at radius 1 is 1.40 bits per heavy atom. The zero-order valence-corrected chi connectivity index (χ0v) is 9.96. The third-order valence-electron chi connectivity index (χ3n) is 3.38. The molecule has 1 saturated heterocycles. The molecule has 1 aromatic rings. The highest BCUT2D eigenvalue weighted by atomic mass is 79.9. The minimum absolute atomic E-state index is 0.295. The Labute approximate surface area is 97.4 Å². The highest BCUT2D eigenvalue weighted by Gasteiger charge is 2.35. The monoisotopic (exact) mass is 265 g/mol. The van der Waals surface area contributed by atoms with Gasteiger partial charge in [0.05, 0.1) is 12.5 Å². The minimum atomic E-state index is 0.295. The fourth-order valence-electron chi connectivity index (χ4n) is 2.71. The van der Waals surface area contributed by atoms with Crippen molar-refractivity contribution in [1.82, 2.24) is 4.90 Å². The Bertz CT molecular complexity index is 430. The lowest BCUT2D eigenvalue weighted by molar-refractivity contribution is -0.132. The van der Waals surface area contributed by atoms with Gasteiger partial charge in [-0.3, -0.25) is 4.79 Å². The van der Waals surface area contributed by atoms with E-state index in [1.54, 1.807) is 0 Å². The maximum atomic E-state index is 11.9. The molecule has 1 aromatic carbocycles. The molecule has 1 fully saturated rings. The van der Waals surface area contributed by atoms with Gasteiger partial charge < -0.3 is 4.90 Å². The van der Waals surface area contributed by atoms with E-state index in [-0.39, 0.29) is 0 Å². The van der Waals surface area contributed by atoms with Crippen molar-refractivity contribution in [2.24, 2.45) is 0 Å². The minimum Gasteiger partial charge on any atom is -0.335 e. The van der Waals surface area contributed by atoms with Crippen LogP contribution in [0.5, 0.6) is 0 Å². The van der Waals surface area contributed by atoms with Gasteiger partial charge in [0.15, 0.2) is 0 Å². The second-order valence-electron chi connectivity index (χ2n) is 4.27. The van der Waals surface area contributed by atoms with E-state index in [0.717, 1.165) is 23.9 Å². The number of halogens is 1. The van der Waals surface area contributed by atoms with E-state index in [1.165, 1.54) is 11.1 Å². The van der Waals surface area contributed by atoms with E-state index in [9.17, 15) is 4.79 Å². The molecule has 0 spiro atoms. The number of hydrogen-bond donors (Lipinski definition) is 0. The Balaban J connectivity index is 2.11. The van der Waals surface area contributed by atoms with Crippen molar-refractivity contribution in [2.45, 2.75) is 25.3 Å². The quantitative estimate of drug-likeness (QED) is 0.707. The molecule has 0 radical (unpaired) electrons. The van der Waals surface area contributed by atoms with Crippen molar-refractivity contribution >= 4 is 21.8 Å². The zero-order valence-electron chi connectivity index (χ0n) is 8.37. The Morgan fingerprint density at radius 3 is 3.13 bits per heavy atom. The van der Waals surface area contributed by atoms with Crippen LogP contribution in [0.2, 0.25) is 0 Å². The summed E-state index contributed by atoms with van der Waals surface area (Å²) in [5.74, 6) is 0.295. The first kappa shape index (κ1) is 9.40. The molecule has 0 aromatic heterocycles. The molecule has 2 heterocycles. The number of hydrogen-bond acceptors (Lipinski definition) is 1. The van der Waals surface area contributed by atoms with E-state index >= 15 is 0 Å². The molecule has 2 aliphatic heterocycles. The summed E-state index contributed by atoms with van der Waals surface area (Å²) in [6.45, 7) is 0.943. The van der Waals surface area contributed by atoms with Crippen LogP contribution in [-0.2, 0) is 11.2 Å². The third kappa shape index (κ3) is 1.41. The smallest absolute Gasteiger partial charge is 0.227 e. The normalized spacial score (nSPS) is 23.9. The number of nitrogens with zero attached hydrogens (tertiary/aromatic N) is 1. The van der Waals surface area contributed by atoms with Crippen LogP contribution in [0.15, 0.2) is 22.7 Å². The van der Waals surface area contributed by atoms with Crippen LogP contribution in [0.1, 0.15) is 30.0 Å². The number of carbonyl (C=O) groups is 1. The highest BCUT2D eigenvalue weighted by Crippen LogP contribution is 2.38. The second-order valence-corrected chi connectivity index (χ2v) is 5.18. The molecule has 1 unspecified atom stereocenters. The van der Waals surface area contributed by atoms with Gasteiger partial charge in [0.1, 0.15) is 0 Å². The third-order valence-corrected chi connectivity index (χ3v) is 3.87. The van der Waals surface area contributed by atoms with E-state index < -0.39 is 0 Å². The first-order chi connectivity index (χ1) is 7.25. The number of carbonyl (C=O) groups excluding carboxylic acids is 1. The van der Waals surface area contributed by atoms with Crippen LogP contribution in [0.25, 0.3) is 0 Å². The molecule has 0 aliphatic carbocycles. The highest BCUT2D eigenvalue weighted by molar-refractivity contribution is 9.10. The maximum Gasteiger partial charge on any atom is 0.227 e. The number of amides is 1. The molecular formula is C12H12BrNO. The molecule has 0 bridgehead atoms. The number of rotatable bonds is 0. The van der Waals surface area contributed by atoms with Crippen molar-refractivity contribution in [2.75, 3.05) is 6.54 Å². The fourth-order valence-corrected chi connectivity index (χ4v) is 3.11. The average Bonchev–Trinajstić information content (AvgIpc) is 2.66. The molecule has 1 amide bonds. The predicted octanol–water partition coefficient (Wildman–Crippen LogP) is 2.67. The standard InChI is InChI=1S/C12H12BrNO/c13-9-3-4-10-8(6-9)7-12(15)14-5-1-2-11(10)14/h3-4,6,11H,1-2,5,7H2. The van der Waals surface area contributed by atoms with Crippen LogP contribution in [-0.4, -0.2) is 17.4 Å². The molecule has 2 nitrogen and oxygen atoms in total. The van der Waals surface area contributed by atoms with Gasteiger partial charge in [0, 0.05) is 11.0 Å². The molecule has 78 valence electrons. The van der Waals surface area contributed by atoms with Gasteiger partial charge in [-0.05, 0) is 36.1 Å². The van der Waals surface area contributed by atoms with Crippen LogP contribution < -0.4 is 0 Å². The van der Waals surface area contributed by atoms with E-state index in [0.29, 0.717) is 18.4 Å². The molecule has 3 heteroatoms. The summed E-state index contributed by atoms with van der Waals surface area (Å²) in [4.78, 5) is 13.9. The summed E-state index contributed by atoms with van der Waals surface area (Å²) in [6.07, 6.45) is 2.84. The van der Waals surface area contributed by atoms with Gasteiger partial charge in [-0.1, -0.05) is 22.0 Å². The van der Waals surface area contributed by atoms with Gasteiger partial charge in [-0.15, -0.1) is 0 Å². The summed E-state index contributed by atoms with van der Waals surface area (Å²) in [7, 11) is 0. The lowest BCUT2D eigenvalue weighted by Gasteiger charge is -2.31. The van der Waals surface area contributed by atoms with Gasteiger partial charge >= 0.3 is 0 Å². The van der Waals surface area contributed by atoms with E-state index in [1.807, 2.05) is 4.90 Å². The molecule has 2 aliphatic rings. The second kappa shape index (κ2) is 3.34. The summed E-state index contributed by atoms with van der Waals surface area (Å²) < 4.78 is 1.07. The predicted molar refractivity (Wildman–Crippen MR) is 61.5 cm³/mol. The van der Waals surface area contributed by atoms with Crippen molar-refractivity contribution in [3.63, 3.8) is 0 Å². The molecule has 1 atom stereocenters. The molecule has 0 saturated carbocycles. The van der Waals surface area contributed by atoms with Crippen molar-refractivity contribution in [3.8, 4) is 0 Å². The first-order valence-electron chi connectivity index (χ1n) is 5.33. The Kier molecular flexibility index (Phi) is 2.09. The van der Waals surface area contributed by atoms with Gasteiger partial charge in [0.25, 0.3) is 0 Å². The Morgan fingerprint density at radius 2 is 2.27 bits per heavy atom. The summed E-state index contributed by atoms with van der Waals surface area (Å²) in [6, 6.07) is 6.68. The van der Waals surface area contributed by atoms with Crippen LogP contribution in [0.4, 0.5) is 0 Å². The van der Waals surface area contributed by atoms with Gasteiger partial charge in [-0.2, -0.15) is 0 Å². The van der Waals surface area contributed by atoms with Crippen LogP contribution in [0.3, 0.4) is 0 Å². The molecule has 0 N–H and O–H groups in total. The first-order valence-corrected chi connectivity index (χ1v) is 6.13. The van der Waals surface area contributed by atoms with Crippen molar-refractivity contribution < 1.29 is 4.79 Å². The number of benzene rings is 1. The summed E-state index contributed by atoms with van der Waals surface area (Å²) in [5.41, 5.74) is 2.56. The molecular weight excluding hydrogens is 254 g/mol. The SMILES string of the molecule is O=C1Cc2cc(Br)ccc2C2CCCN12. The summed E-state index contributed by atoms with van der Waals surface area (Å²) in [5, 5.41) is 0. The van der Waals surface area contributed by atoms with Crippen LogP contribution in [0, 0.1) is 0 Å². The Hall–Kier alpha value is -0.830. The lowest BCUT2D eigenvalue weighted by Crippen LogP contribution is -2.36. The fraction of sp³-hybridized carbons (Fsp3) is 0.417. The zero-order chi connectivity index (χ0) is 10.4. The van der Waals surface area contributed by atoms with Gasteiger partial charge in [0.2, 0.25) is 5.91 Å². The van der Waals surface area contributed by atoms with E-state index in [4.69, 9.17) is 0 Å². The maximum absolute atomic E-state index is 11.9. The summed E-state index contributed by atoms with van der Waals surface area (Å²) >= 11 is 3.46. The molecule has 15 heavy (non-hydrogen) atoms. The van der Waals surface area contributed by atoms with E-state index in [2.05, 4.69) is 34.1 Å². The lowest BCUT2D eigenvalue weighted by atomic mass is 9.92. The van der Waals surface area contributed by atoms with Crippen molar-refractivity contribution in [1.29, 1.82) is 0 Å².